The highest BCUT2D eigenvalue weighted by atomic mass is 79.9. The van der Waals surface area contributed by atoms with Gasteiger partial charge in [-0.15, -0.1) is 0 Å². The highest BCUT2D eigenvalue weighted by Crippen LogP contribution is 2.23. The van der Waals surface area contributed by atoms with Crippen molar-refractivity contribution < 1.29 is 4.79 Å². The number of amides is 1. The maximum atomic E-state index is 12.2. The second-order valence-electron chi connectivity index (χ2n) is 3.85. The topological polar surface area (TPSA) is 42.0 Å². The van der Waals surface area contributed by atoms with E-state index in [1.807, 2.05) is 12.1 Å². The van der Waals surface area contributed by atoms with Gasteiger partial charge < -0.3 is 5.32 Å². The molecule has 2 aromatic rings. The quantitative estimate of drug-likeness (QED) is 0.729. The predicted octanol–water partition coefficient (Wildman–Crippen LogP) is 4.82. The maximum Gasteiger partial charge on any atom is 0.256 e. The van der Waals surface area contributed by atoms with Gasteiger partial charge in [-0.05, 0) is 53.2 Å². The van der Waals surface area contributed by atoms with Crippen molar-refractivity contribution in [3.8, 4) is 0 Å². The Morgan fingerprint density at radius 2 is 2.00 bits per heavy atom. The summed E-state index contributed by atoms with van der Waals surface area (Å²) in [5, 5.41) is 3.21. The van der Waals surface area contributed by atoms with Crippen LogP contribution in [0.15, 0.2) is 39.3 Å². The molecular formula is C13H9Br2ClN2O. The van der Waals surface area contributed by atoms with Crippen LogP contribution in [0.3, 0.4) is 0 Å². The first-order valence-electron chi connectivity index (χ1n) is 5.37. The van der Waals surface area contributed by atoms with Crippen molar-refractivity contribution in [3.05, 3.63) is 55.7 Å². The van der Waals surface area contributed by atoms with Crippen molar-refractivity contribution in [1.29, 1.82) is 0 Å². The zero-order chi connectivity index (χ0) is 14.0. The van der Waals surface area contributed by atoms with Crippen LogP contribution in [0.4, 0.5) is 5.69 Å². The minimum absolute atomic E-state index is 0.202. The number of carbonyl (C=O) groups excluding carboxylic acids is 1. The standard InChI is InChI=1S/C13H9Br2ClN2O/c1-7-11(4-5-12(16)17-7)18-13(19)9-3-2-8(14)6-10(9)15/h2-6H,1H3,(H,18,19). The average molecular weight is 404 g/mol. The molecule has 0 unspecified atom stereocenters. The molecule has 98 valence electrons. The Balaban J connectivity index is 2.25. The number of anilines is 1. The second-order valence-corrected chi connectivity index (χ2v) is 6.00. The Morgan fingerprint density at radius 1 is 1.26 bits per heavy atom. The third-order valence-electron chi connectivity index (χ3n) is 2.48. The Hall–Kier alpha value is -0.910. The number of carbonyl (C=O) groups is 1. The number of aromatic nitrogens is 1. The van der Waals surface area contributed by atoms with E-state index in [0.29, 0.717) is 22.1 Å². The van der Waals surface area contributed by atoms with Crippen LogP contribution in [0, 0.1) is 6.92 Å². The lowest BCUT2D eigenvalue weighted by Crippen LogP contribution is -2.13. The molecule has 1 N–H and O–H groups in total. The van der Waals surface area contributed by atoms with E-state index in [4.69, 9.17) is 11.6 Å². The van der Waals surface area contributed by atoms with Crippen molar-refractivity contribution in [2.24, 2.45) is 0 Å². The molecule has 19 heavy (non-hydrogen) atoms. The van der Waals surface area contributed by atoms with Crippen LogP contribution in [0.5, 0.6) is 0 Å². The Bertz CT molecular complexity index is 647. The lowest BCUT2D eigenvalue weighted by molar-refractivity contribution is 0.102. The van der Waals surface area contributed by atoms with Gasteiger partial charge in [0.15, 0.2) is 0 Å². The summed E-state index contributed by atoms with van der Waals surface area (Å²) < 4.78 is 1.62. The van der Waals surface area contributed by atoms with E-state index in [1.165, 1.54) is 0 Å². The minimum Gasteiger partial charge on any atom is -0.320 e. The Labute approximate surface area is 132 Å². The fourth-order valence-corrected chi connectivity index (χ4v) is 2.94. The minimum atomic E-state index is -0.202. The smallest absolute Gasteiger partial charge is 0.256 e. The molecule has 0 fully saturated rings. The average Bonchev–Trinajstić information content (AvgIpc) is 2.32. The largest absolute Gasteiger partial charge is 0.320 e. The third kappa shape index (κ3) is 3.55. The molecule has 0 aliphatic carbocycles. The molecule has 0 aliphatic rings. The summed E-state index contributed by atoms with van der Waals surface area (Å²) in [4.78, 5) is 16.3. The van der Waals surface area contributed by atoms with Crippen molar-refractivity contribution in [2.45, 2.75) is 6.92 Å². The van der Waals surface area contributed by atoms with E-state index in [1.54, 1.807) is 25.1 Å². The number of aryl methyl sites for hydroxylation is 1. The number of benzene rings is 1. The van der Waals surface area contributed by atoms with Gasteiger partial charge in [-0.3, -0.25) is 4.79 Å². The van der Waals surface area contributed by atoms with Gasteiger partial charge in [-0.1, -0.05) is 27.5 Å². The molecule has 1 heterocycles. The molecule has 3 nitrogen and oxygen atoms in total. The van der Waals surface area contributed by atoms with E-state index in [-0.39, 0.29) is 5.91 Å². The van der Waals surface area contributed by atoms with Crippen LogP contribution in [0.25, 0.3) is 0 Å². The Kier molecular flexibility index (Phi) is 4.60. The van der Waals surface area contributed by atoms with Gasteiger partial charge in [0.1, 0.15) is 5.15 Å². The summed E-state index contributed by atoms with van der Waals surface area (Å²) in [5.41, 5.74) is 1.87. The first kappa shape index (κ1) is 14.5. The second kappa shape index (κ2) is 6.03. The van der Waals surface area contributed by atoms with E-state index in [2.05, 4.69) is 42.2 Å². The molecule has 0 atom stereocenters. The lowest BCUT2D eigenvalue weighted by atomic mass is 10.2. The van der Waals surface area contributed by atoms with Crippen LogP contribution >= 0.6 is 43.5 Å². The van der Waals surface area contributed by atoms with Gasteiger partial charge in [0.2, 0.25) is 0 Å². The van der Waals surface area contributed by atoms with Gasteiger partial charge in [0, 0.05) is 8.95 Å². The van der Waals surface area contributed by atoms with Gasteiger partial charge in [-0.2, -0.15) is 0 Å². The van der Waals surface area contributed by atoms with Crippen LogP contribution in [0.1, 0.15) is 16.1 Å². The molecule has 1 aromatic carbocycles. The molecule has 2 rings (SSSR count). The first-order valence-corrected chi connectivity index (χ1v) is 7.33. The van der Waals surface area contributed by atoms with Crippen LogP contribution in [-0.4, -0.2) is 10.9 Å². The summed E-state index contributed by atoms with van der Waals surface area (Å²) in [6, 6.07) is 8.74. The van der Waals surface area contributed by atoms with Crippen LogP contribution in [0.2, 0.25) is 5.15 Å². The monoisotopic (exact) mass is 402 g/mol. The molecule has 0 bridgehead atoms. The predicted molar refractivity (Wildman–Crippen MR) is 83.8 cm³/mol. The normalized spacial score (nSPS) is 10.3. The number of pyridine rings is 1. The van der Waals surface area contributed by atoms with Crippen molar-refractivity contribution in [1.82, 2.24) is 4.98 Å². The van der Waals surface area contributed by atoms with Gasteiger partial charge >= 0.3 is 0 Å². The highest BCUT2D eigenvalue weighted by Gasteiger charge is 2.12. The molecule has 0 radical (unpaired) electrons. The van der Waals surface area contributed by atoms with Crippen LogP contribution in [-0.2, 0) is 0 Å². The zero-order valence-corrected chi connectivity index (χ0v) is 13.8. The third-order valence-corrected chi connectivity index (χ3v) is 3.84. The van der Waals surface area contributed by atoms with Crippen LogP contribution < -0.4 is 5.32 Å². The summed E-state index contributed by atoms with van der Waals surface area (Å²) in [6.45, 7) is 1.79. The molecule has 1 amide bonds. The number of hydrogen-bond acceptors (Lipinski definition) is 2. The number of nitrogens with one attached hydrogen (secondary N) is 1. The molecule has 1 aromatic heterocycles. The summed E-state index contributed by atoms with van der Waals surface area (Å²) >= 11 is 12.5. The lowest BCUT2D eigenvalue weighted by Gasteiger charge is -2.09. The first-order chi connectivity index (χ1) is 8.97. The summed E-state index contributed by atoms with van der Waals surface area (Å²) in [5.74, 6) is -0.202. The van der Waals surface area contributed by atoms with E-state index in [0.717, 1.165) is 8.95 Å². The van der Waals surface area contributed by atoms with Gasteiger partial charge in [-0.25, -0.2) is 4.98 Å². The molecular weight excluding hydrogens is 395 g/mol. The fraction of sp³-hybridized carbons (Fsp3) is 0.0769. The summed E-state index contributed by atoms with van der Waals surface area (Å²) in [6.07, 6.45) is 0. The van der Waals surface area contributed by atoms with E-state index >= 15 is 0 Å². The zero-order valence-electron chi connectivity index (χ0n) is 9.88. The van der Waals surface area contributed by atoms with Gasteiger partial charge in [0.25, 0.3) is 5.91 Å². The molecule has 0 aliphatic heterocycles. The fourth-order valence-electron chi connectivity index (χ4n) is 1.53. The molecule has 0 spiro atoms. The maximum absolute atomic E-state index is 12.2. The van der Waals surface area contributed by atoms with E-state index < -0.39 is 0 Å². The van der Waals surface area contributed by atoms with Crippen molar-refractivity contribution >= 4 is 55.1 Å². The molecule has 0 saturated carbocycles. The Morgan fingerprint density at radius 3 is 2.63 bits per heavy atom. The highest BCUT2D eigenvalue weighted by molar-refractivity contribution is 9.11. The molecule has 6 heteroatoms. The van der Waals surface area contributed by atoms with E-state index in [9.17, 15) is 4.79 Å². The molecule has 0 saturated heterocycles. The number of hydrogen-bond donors (Lipinski definition) is 1. The number of halogens is 3. The van der Waals surface area contributed by atoms with Gasteiger partial charge in [0.05, 0.1) is 16.9 Å². The summed E-state index contributed by atoms with van der Waals surface area (Å²) in [7, 11) is 0. The SMILES string of the molecule is Cc1nc(Cl)ccc1NC(=O)c1ccc(Br)cc1Br. The number of nitrogens with zero attached hydrogens (tertiary/aromatic N) is 1. The van der Waals surface area contributed by atoms with Crippen molar-refractivity contribution in [3.63, 3.8) is 0 Å². The number of rotatable bonds is 2. The van der Waals surface area contributed by atoms with Crippen molar-refractivity contribution in [2.75, 3.05) is 5.32 Å².